The second-order valence-electron chi connectivity index (χ2n) is 6.38. The fraction of sp³-hybridized carbons (Fsp3) is 0.429. The smallest absolute Gasteiger partial charge is 0.0346 e. The number of hydrogen-bond acceptors (Lipinski definition) is 2. The van der Waals surface area contributed by atoms with Gasteiger partial charge in [0, 0.05) is 17.3 Å². The number of nitrogen functional groups attached to an aromatic ring is 2. The van der Waals surface area contributed by atoms with Crippen LogP contribution in [-0.2, 0) is 12.8 Å². The zero-order valence-corrected chi connectivity index (χ0v) is 14.7. The highest BCUT2D eigenvalue weighted by atomic mass is 14.6. The number of aryl methyl sites for hydroxylation is 2. The van der Waals surface area contributed by atoms with Crippen LogP contribution < -0.4 is 11.5 Å². The van der Waals surface area contributed by atoms with Gasteiger partial charge in [-0.05, 0) is 53.6 Å². The Balaban J connectivity index is 2.39. The fourth-order valence-electron chi connectivity index (χ4n) is 3.32. The topological polar surface area (TPSA) is 52.0 Å². The van der Waals surface area contributed by atoms with E-state index < -0.39 is 0 Å². The minimum absolute atomic E-state index is 0.405. The highest BCUT2D eigenvalue weighted by molar-refractivity contribution is 5.53. The minimum atomic E-state index is 0.405. The van der Waals surface area contributed by atoms with E-state index in [9.17, 15) is 0 Å². The van der Waals surface area contributed by atoms with Crippen molar-refractivity contribution >= 4 is 11.4 Å². The molecule has 0 heterocycles. The van der Waals surface area contributed by atoms with Crippen LogP contribution in [0, 0.1) is 0 Å². The lowest BCUT2D eigenvalue weighted by Gasteiger charge is -2.19. The fourth-order valence-corrected chi connectivity index (χ4v) is 3.32. The van der Waals surface area contributed by atoms with Gasteiger partial charge in [0.15, 0.2) is 0 Å². The molecule has 0 saturated heterocycles. The van der Waals surface area contributed by atoms with Crippen LogP contribution >= 0.6 is 0 Å². The van der Waals surface area contributed by atoms with Crippen LogP contribution in [0.3, 0.4) is 0 Å². The molecule has 23 heavy (non-hydrogen) atoms. The molecule has 0 aliphatic carbocycles. The van der Waals surface area contributed by atoms with Gasteiger partial charge in [-0.2, -0.15) is 0 Å². The molecule has 0 amide bonds. The largest absolute Gasteiger partial charge is 0.399 e. The molecular formula is C21H30N2. The van der Waals surface area contributed by atoms with Crippen LogP contribution in [0.25, 0.3) is 0 Å². The third-order valence-electron chi connectivity index (χ3n) is 4.59. The molecule has 0 saturated carbocycles. The van der Waals surface area contributed by atoms with Crippen LogP contribution in [0.5, 0.6) is 0 Å². The predicted molar refractivity (Wildman–Crippen MR) is 102 cm³/mol. The molecule has 0 bridgehead atoms. The highest BCUT2D eigenvalue weighted by Gasteiger charge is 2.15. The first-order valence-corrected chi connectivity index (χ1v) is 8.87. The molecule has 0 radical (unpaired) electrons. The van der Waals surface area contributed by atoms with E-state index in [0.717, 1.165) is 43.5 Å². The Labute approximate surface area is 140 Å². The molecule has 2 aromatic carbocycles. The Morgan fingerprint density at radius 2 is 1.17 bits per heavy atom. The van der Waals surface area contributed by atoms with Crippen molar-refractivity contribution in [3.8, 4) is 0 Å². The Morgan fingerprint density at radius 3 is 1.52 bits per heavy atom. The van der Waals surface area contributed by atoms with Crippen molar-refractivity contribution in [3.05, 3.63) is 58.7 Å². The lowest BCUT2D eigenvalue weighted by molar-refractivity contribution is 0.771. The lowest BCUT2D eigenvalue weighted by Crippen LogP contribution is -2.04. The summed E-state index contributed by atoms with van der Waals surface area (Å²) in [5.41, 5.74) is 19.3. The third kappa shape index (κ3) is 4.07. The first-order valence-electron chi connectivity index (χ1n) is 8.87. The zero-order chi connectivity index (χ0) is 16.8. The summed E-state index contributed by atoms with van der Waals surface area (Å²) in [5.74, 6) is 0.405. The van der Waals surface area contributed by atoms with Gasteiger partial charge < -0.3 is 11.5 Å². The lowest BCUT2D eigenvalue weighted by atomic mass is 9.86. The van der Waals surface area contributed by atoms with Crippen molar-refractivity contribution in [2.45, 2.75) is 58.8 Å². The first kappa shape index (κ1) is 17.4. The zero-order valence-electron chi connectivity index (χ0n) is 14.7. The normalized spacial score (nSPS) is 11.1. The van der Waals surface area contributed by atoms with Crippen molar-refractivity contribution in [1.82, 2.24) is 0 Å². The van der Waals surface area contributed by atoms with Gasteiger partial charge in [0.25, 0.3) is 0 Å². The standard InChI is InChI=1S/C21H30N2/c1-4-7-17-13-15(9-11-20(17)22)19(6-3)16-10-12-21(23)18(14-16)8-5-2/h9-14,19H,4-8,22-23H2,1-3H3. The van der Waals surface area contributed by atoms with Crippen molar-refractivity contribution in [2.75, 3.05) is 11.5 Å². The molecule has 2 rings (SSSR count). The number of anilines is 2. The SMILES string of the molecule is CCCc1cc(C(CC)c2ccc(N)c(CCC)c2)ccc1N. The predicted octanol–water partition coefficient (Wildman–Crippen LogP) is 5.30. The summed E-state index contributed by atoms with van der Waals surface area (Å²) in [4.78, 5) is 0. The maximum Gasteiger partial charge on any atom is 0.0346 e. The third-order valence-corrected chi connectivity index (χ3v) is 4.59. The molecule has 0 fully saturated rings. The maximum absolute atomic E-state index is 6.12. The Morgan fingerprint density at radius 1 is 0.739 bits per heavy atom. The number of hydrogen-bond donors (Lipinski definition) is 2. The average Bonchev–Trinajstić information content (AvgIpc) is 2.54. The second-order valence-corrected chi connectivity index (χ2v) is 6.38. The Bertz CT molecular complexity index is 591. The quantitative estimate of drug-likeness (QED) is 0.682. The molecule has 124 valence electrons. The Hall–Kier alpha value is -1.96. The van der Waals surface area contributed by atoms with Crippen LogP contribution in [0.4, 0.5) is 11.4 Å². The van der Waals surface area contributed by atoms with Gasteiger partial charge in [-0.25, -0.2) is 0 Å². The number of benzene rings is 2. The monoisotopic (exact) mass is 310 g/mol. The number of nitrogens with two attached hydrogens (primary N) is 2. The Kier molecular flexibility index (Phi) is 6.09. The van der Waals surface area contributed by atoms with Gasteiger partial charge in [-0.3, -0.25) is 0 Å². The van der Waals surface area contributed by atoms with E-state index in [4.69, 9.17) is 11.5 Å². The van der Waals surface area contributed by atoms with Crippen molar-refractivity contribution in [2.24, 2.45) is 0 Å². The molecule has 4 N–H and O–H groups in total. The second kappa shape index (κ2) is 8.05. The molecule has 0 aromatic heterocycles. The molecule has 0 aliphatic rings. The van der Waals surface area contributed by atoms with Gasteiger partial charge in [0.1, 0.15) is 0 Å². The molecular weight excluding hydrogens is 280 g/mol. The molecule has 0 unspecified atom stereocenters. The van der Waals surface area contributed by atoms with E-state index in [0.29, 0.717) is 5.92 Å². The maximum atomic E-state index is 6.12. The molecule has 0 spiro atoms. The summed E-state index contributed by atoms with van der Waals surface area (Å²) in [6.07, 6.45) is 5.39. The summed E-state index contributed by atoms with van der Waals surface area (Å²) in [7, 11) is 0. The molecule has 0 aliphatic heterocycles. The summed E-state index contributed by atoms with van der Waals surface area (Å²) in [5, 5.41) is 0. The summed E-state index contributed by atoms with van der Waals surface area (Å²) < 4.78 is 0. The summed E-state index contributed by atoms with van der Waals surface area (Å²) >= 11 is 0. The van der Waals surface area contributed by atoms with E-state index in [1.54, 1.807) is 0 Å². The van der Waals surface area contributed by atoms with E-state index in [2.05, 4.69) is 57.2 Å². The van der Waals surface area contributed by atoms with Gasteiger partial charge in [0.2, 0.25) is 0 Å². The minimum Gasteiger partial charge on any atom is -0.399 e. The van der Waals surface area contributed by atoms with E-state index in [-0.39, 0.29) is 0 Å². The molecule has 2 nitrogen and oxygen atoms in total. The van der Waals surface area contributed by atoms with Gasteiger partial charge >= 0.3 is 0 Å². The highest BCUT2D eigenvalue weighted by Crippen LogP contribution is 2.32. The van der Waals surface area contributed by atoms with Gasteiger partial charge in [-0.15, -0.1) is 0 Å². The average molecular weight is 310 g/mol. The molecule has 2 aromatic rings. The molecule has 0 atom stereocenters. The van der Waals surface area contributed by atoms with Crippen molar-refractivity contribution in [3.63, 3.8) is 0 Å². The van der Waals surface area contributed by atoms with E-state index >= 15 is 0 Å². The summed E-state index contributed by atoms with van der Waals surface area (Å²) in [6.45, 7) is 6.64. The van der Waals surface area contributed by atoms with E-state index in [1.807, 2.05) is 0 Å². The van der Waals surface area contributed by atoms with Crippen LogP contribution in [0.2, 0.25) is 0 Å². The molecule has 2 heteroatoms. The van der Waals surface area contributed by atoms with Gasteiger partial charge in [0.05, 0.1) is 0 Å². The summed E-state index contributed by atoms with van der Waals surface area (Å²) in [6, 6.07) is 13.1. The van der Waals surface area contributed by atoms with Crippen LogP contribution in [0.15, 0.2) is 36.4 Å². The van der Waals surface area contributed by atoms with Gasteiger partial charge in [-0.1, -0.05) is 57.9 Å². The first-order chi connectivity index (χ1) is 11.1. The van der Waals surface area contributed by atoms with E-state index in [1.165, 1.54) is 22.3 Å². The number of rotatable bonds is 7. The van der Waals surface area contributed by atoms with Crippen LogP contribution in [-0.4, -0.2) is 0 Å². The van der Waals surface area contributed by atoms with Crippen LogP contribution in [0.1, 0.15) is 68.2 Å². The van der Waals surface area contributed by atoms with Crippen molar-refractivity contribution in [1.29, 1.82) is 0 Å². The van der Waals surface area contributed by atoms with Crippen molar-refractivity contribution < 1.29 is 0 Å².